The third kappa shape index (κ3) is 5.08. The Morgan fingerprint density at radius 3 is 2.00 bits per heavy atom. The summed E-state index contributed by atoms with van der Waals surface area (Å²) in [5.74, 6) is -0.630. The lowest BCUT2D eigenvalue weighted by Gasteiger charge is -2.33. The van der Waals surface area contributed by atoms with Crippen LogP contribution in [-0.2, 0) is 21.4 Å². The number of rotatable bonds is 7. The summed E-state index contributed by atoms with van der Waals surface area (Å²) in [6, 6.07) is 9.02. The number of carboxylic acids is 1. The quantitative estimate of drug-likeness (QED) is 0.767. The molecule has 5 heteroatoms. The molecule has 1 saturated carbocycles. The van der Waals surface area contributed by atoms with Crippen LogP contribution in [0, 0.1) is 0 Å². The maximum absolute atomic E-state index is 11.9. The van der Waals surface area contributed by atoms with Gasteiger partial charge < -0.3 is 5.11 Å². The minimum Gasteiger partial charge on any atom is -0.481 e. The van der Waals surface area contributed by atoms with Gasteiger partial charge in [0.05, 0.1) is 5.41 Å². The van der Waals surface area contributed by atoms with Gasteiger partial charge in [-0.25, -0.2) is 0 Å². The molecule has 0 amide bonds. The molecule has 1 N–H and O–H groups in total. The van der Waals surface area contributed by atoms with Crippen molar-refractivity contribution in [2.75, 3.05) is 6.54 Å². The van der Waals surface area contributed by atoms with Crippen LogP contribution in [0.2, 0.25) is 0 Å². The largest absolute Gasteiger partial charge is 0.481 e. The number of halogens is 1. The summed E-state index contributed by atoms with van der Waals surface area (Å²) >= 11 is 0. The second-order valence-electron chi connectivity index (χ2n) is 7.80. The van der Waals surface area contributed by atoms with E-state index < -0.39 is 11.4 Å². The van der Waals surface area contributed by atoms with E-state index in [9.17, 15) is 14.7 Å². The van der Waals surface area contributed by atoms with Crippen molar-refractivity contribution in [2.24, 2.45) is 0 Å². The molecule has 2 rings (SSSR count). The van der Waals surface area contributed by atoms with Gasteiger partial charge in [-0.3, -0.25) is 14.5 Å². The molecule has 0 aromatic heterocycles. The predicted octanol–water partition coefficient (Wildman–Crippen LogP) is 4.24. The molecular formula is C21H32ClNO3. The van der Waals surface area contributed by atoms with Gasteiger partial charge in [-0.05, 0) is 58.1 Å². The van der Waals surface area contributed by atoms with E-state index in [2.05, 4.69) is 44.7 Å². The van der Waals surface area contributed by atoms with E-state index in [1.165, 1.54) is 5.56 Å². The van der Waals surface area contributed by atoms with Crippen molar-refractivity contribution in [1.82, 2.24) is 4.90 Å². The average Bonchev–Trinajstić information content (AvgIpc) is 2.55. The summed E-state index contributed by atoms with van der Waals surface area (Å²) in [6.45, 7) is 9.84. The summed E-state index contributed by atoms with van der Waals surface area (Å²) < 4.78 is 0. The van der Waals surface area contributed by atoms with E-state index in [-0.39, 0.29) is 18.2 Å². The van der Waals surface area contributed by atoms with Crippen molar-refractivity contribution in [3.05, 3.63) is 35.4 Å². The zero-order chi connectivity index (χ0) is 18.6. The minimum absolute atomic E-state index is 0. The van der Waals surface area contributed by atoms with Gasteiger partial charge in [-0.15, -0.1) is 12.4 Å². The first kappa shape index (κ1) is 22.7. The molecule has 0 saturated heterocycles. The van der Waals surface area contributed by atoms with Gasteiger partial charge in [0.25, 0.3) is 0 Å². The maximum Gasteiger partial charge on any atom is 0.314 e. The zero-order valence-corrected chi connectivity index (χ0v) is 17.1. The van der Waals surface area contributed by atoms with E-state index in [0.29, 0.717) is 37.8 Å². The molecule has 0 aliphatic heterocycles. The summed E-state index contributed by atoms with van der Waals surface area (Å²) in [5.41, 5.74) is 1.16. The summed E-state index contributed by atoms with van der Waals surface area (Å²) in [7, 11) is 0. The Hall–Kier alpha value is -1.39. The third-order valence-electron chi connectivity index (χ3n) is 5.56. The van der Waals surface area contributed by atoms with Crippen LogP contribution < -0.4 is 0 Å². The number of hydrogen-bond donors (Lipinski definition) is 1. The van der Waals surface area contributed by atoms with Gasteiger partial charge in [-0.1, -0.05) is 24.3 Å². The second-order valence-corrected chi connectivity index (χ2v) is 7.80. The Bertz CT molecular complexity index is 592. The number of ketones is 1. The first-order valence-corrected chi connectivity index (χ1v) is 9.36. The fourth-order valence-electron chi connectivity index (χ4n) is 3.94. The van der Waals surface area contributed by atoms with Crippen LogP contribution in [0.4, 0.5) is 0 Å². The number of aliphatic carboxylic acids is 1. The van der Waals surface area contributed by atoms with Gasteiger partial charge in [0.15, 0.2) is 0 Å². The van der Waals surface area contributed by atoms with Crippen molar-refractivity contribution in [2.45, 2.75) is 77.3 Å². The van der Waals surface area contributed by atoms with Crippen LogP contribution in [0.3, 0.4) is 0 Å². The molecule has 1 fully saturated rings. The van der Waals surface area contributed by atoms with Gasteiger partial charge >= 0.3 is 5.97 Å². The number of Topliss-reactive ketones (excluding diaryl/α,β-unsaturated/α-hetero) is 1. The number of carboxylic acid groups (broad SMARTS) is 1. The number of carbonyl (C=O) groups excluding carboxylic acids is 1. The van der Waals surface area contributed by atoms with Crippen molar-refractivity contribution < 1.29 is 14.7 Å². The highest BCUT2D eigenvalue weighted by atomic mass is 35.5. The second kappa shape index (κ2) is 9.52. The molecule has 1 aromatic carbocycles. The van der Waals surface area contributed by atoms with Crippen LogP contribution in [0.1, 0.15) is 64.5 Å². The van der Waals surface area contributed by atoms with Crippen molar-refractivity contribution >= 4 is 24.2 Å². The molecule has 26 heavy (non-hydrogen) atoms. The zero-order valence-electron chi connectivity index (χ0n) is 16.3. The lowest BCUT2D eigenvalue weighted by Crippen LogP contribution is -2.40. The molecule has 4 nitrogen and oxygen atoms in total. The Morgan fingerprint density at radius 1 is 1.08 bits per heavy atom. The van der Waals surface area contributed by atoms with Crippen LogP contribution >= 0.6 is 12.4 Å². The highest BCUT2D eigenvalue weighted by Gasteiger charge is 2.43. The monoisotopic (exact) mass is 381 g/mol. The fourth-order valence-corrected chi connectivity index (χ4v) is 3.94. The number of hydrogen-bond acceptors (Lipinski definition) is 3. The smallest absolute Gasteiger partial charge is 0.314 e. The standard InChI is InChI=1S/C21H31NO3.ClH/c1-15(2)22(16(3)4)14-11-17-5-7-18(8-6-17)21(20(24)25)12-9-19(23)10-13-21;/h5-8,15-16H,9-14H2,1-4H3,(H,24,25);1H. The molecule has 0 spiro atoms. The minimum atomic E-state index is -0.895. The van der Waals surface area contributed by atoms with Gasteiger partial charge in [0.2, 0.25) is 0 Å². The summed E-state index contributed by atoms with van der Waals surface area (Å²) in [5, 5.41) is 9.78. The van der Waals surface area contributed by atoms with Crippen molar-refractivity contribution in [3.8, 4) is 0 Å². The maximum atomic E-state index is 11.9. The molecule has 0 bridgehead atoms. The van der Waals surface area contributed by atoms with E-state index >= 15 is 0 Å². The fraction of sp³-hybridized carbons (Fsp3) is 0.619. The highest BCUT2D eigenvalue weighted by molar-refractivity contribution is 5.87. The highest BCUT2D eigenvalue weighted by Crippen LogP contribution is 2.38. The molecule has 0 atom stereocenters. The van der Waals surface area contributed by atoms with Crippen LogP contribution in [0.15, 0.2) is 24.3 Å². The molecule has 0 unspecified atom stereocenters. The lowest BCUT2D eigenvalue weighted by atomic mass is 9.69. The van der Waals surface area contributed by atoms with Gasteiger partial charge in [0.1, 0.15) is 5.78 Å². The molecule has 1 aromatic rings. The third-order valence-corrected chi connectivity index (χ3v) is 5.56. The van der Waals surface area contributed by atoms with E-state index in [4.69, 9.17) is 0 Å². The van der Waals surface area contributed by atoms with E-state index in [0.717, 1.165) is 18.5 Å². The summed E-state index contributed by atoms with van der Waals surface area (Å²) in [6.07, 6.45) is 2.51. The van der Waals surface area contributed by atoms with Gasteiger partial charge in [-0.2, -0.15) is 0 Å². The predicted molar refractivity (Wildman–Crippen MR) is 107 cm³/mol. The number of benzene rings is 1. The van der Waals surface area contributed by atoms with Crippen molar-refractivity contribution in [1.29, 1.82) is 0 Å². The van der Waals surface area contributed by atoms with Gasteiger partial charge in [0, 0.05) is 31.5 Å². The molecule has 0 radical (unpaired) electrons. The topological polar surface area (TPSA) is 57.6 Å². The Kier molecular flexibility index (Phi) is 8.29. The molecular weight excluding hydrogens is 350 g/mol. The molecule has 1 aliphatic rings. The van der Waals surface area contributed by atoms with Crippen LogP contribution in [-0.4, -0.2) is 40.4 Å². The van der Waals surface area contributed by atoms with Crippen LogP contribution in [0.5, 0.6) is 0 Å². The lowest BCUT2D eigenvalue weighted by molar-refractivity contribution is -0.146. The first-order chi connectivity index (χ1) is 11.8. The SMILES string of the molecule is CC(C)N(CCc1ccc(C2(C(=O)O)CCC(=O)CC2)cc1)C(C)C.Cl. The molecule has 0 heterocycles. The van der Waals surface area contributed by atoms with E-state index in [1.807, 2.05) is 12.1 Å². The average molecular weight is 382 g/mol. The Morgan fingerprint density at radius 2 is 1.58 bits per heavy atom. The molecule has 146 valence electrons. The molecule has 1 aliphatic carbocycles. The summed E-state index contributed by atoms with van der Waals surface area (Å²) in [4.78, 5) is 25.9. The van der Waals surface area contributed by atoms with Crippen molar-refractivity contribution in [3.63, 3.8) is 0 Å². The Labute approximate surface area is 163 Å². The normalized spacial score (nSPS) is 16.8. The van der Waals surface area contributed by atoms with E-state index in [1.54, 1.807) is 0 Å². The van der Waals surface area contributed by atoms with Crippen LogP contribution in [0.25, 0.3) is 0 Å². The Balaban J connectivity index is 0.00000338. The number of carbonyl (C=O) groups is 2. The first-order valence-electron chi connectivity index (χ1n) is 9.36. The number of nitrogens with zero attached hydrogens (tertiary/aromatic N) is 1.